The van der Waals surface area contributed by atoms with Gasteiger partial charge in [0.1, 0.15) is 0 Å². The molecular weight excluding hydrogens is 366 g/mol. The summed E-state index contributed by atoms with van der Waals surface area (Å²) in [6.45, 7) is 13.1. The van der Waals surface area contributed by atoms with Gasteiger partial charge in [0.05, 0.1) is 5.56 Å². The Labute approximate surface area is 173 Å². The SMILES string of the molecule is CCc1ccc(C(=O)Oc2ccc(C(C)(C)C)cc2OC(=O)N(CC)CC)cc1. The van der Waals surface area contributed by atoms with E-state index in [2.05, 4.69) is 27.7 Å². The van der Waals surface area contributed by atoms with E-state index < -0.39 is 12.1 Å². The van der Waals surface area contributed by atoms with Gasteiger partial charge in [0.25, 0.3) is 0 Å². The van der Waals surface area contributed by atoms with Gasteiger partial charge in [0.15, 0.2) is 11.5 Å². The Morgan fingerprint density at radius 3 is 2.00 bits per heavy atom. The lowest BCUT2D eigenvalue weighted by Crippen LogP contribution is -2.33. The van der Waals surface area contributed by atoms with E-state index >= 15 is 0 Å². The monoisotopic (exact) mass is 397 g/mol. The molecule has 2 rings (SSSR count). The van der Waals surface area contributed by atoms with E-state index in [4.69, 9.17) is 9.47 Å². The molecule has 0 radical (unpaired) electrons. The Hall–Kier alpha value is -2.82. The molecule has 0 bridgehead atoms. The van der Waals surface area contributed by atoms with E-state index in [0.717, 1.165) is 17.5 Å². The molecule has 156 valence electrons. The van der Waals surface area contributed by atoms with Gasteiger partial charge in [-0.3, -0.25) is 0 Å². The number of hydrogen-bond donors (Lipinski definition) is 0. The summed E-state index contributed by atoms with van der Waals surface area (Å²) in [4.78, 5) is 26.7. The predicted octanol–water partition coefficient (Wildman–Crippen LogP) is 5.61. The van der Waals surface area contributed by atoms with E-state index in [-0.39, 0.29) is 16.9 Å². The first-order chi connectivity index (χ1) is 13.7. The fraction of sp³-hybridized carbons (Fsp3) is 0.417. The second-order valence-electron chi connectivity index (χ2n) is 7.89. The first-order valence-electron chi connectivity index (χ1n) is 10.1. The fourth-order valence-corrected chi connectivity index (χ4v) is 2.81. The van der Waals surface area contributed by atoms with Crippen molar-refractivity contribution in [3.63, 3.8) is 0 Å². The minimum Gasteiger partial charge on any atom is -0.419 e. The molecule has 0 saturated heterocycles. The highest BCUT2D eigenvalue weighted by Gasteiger charge is 2.22. The van der Waals surface area contributed by atoms with Crippen molar-refractivity contribution < 1.29 is 19.1 Å². The Balaban J connectivity index is 2.33. The van der Waals surface area contributed by atoms with Crippen LogP contribution in [0, 0.1) is 0 Å². The highest BCUT2D eigenvalue weighted by Crippen LogP contribution is 2.34. The summed E-state index contributed by atoms with van der Waals surface area (Å²) >= 11 is 0. The number of aryl methyl sites for hydroxylation is 1. The molecule has 5 heteroatoms. The highest BCUT2D eigenvalue weighted by molar-refractivity contribution is 5.91. The van der Waals surface area contributed by atoms with Crippen LogP contribution >= 0.6 is 0 Å². The minimum atomic E-state index is -0.490. The molecule has 0 heterocycles. The number of amides is 1. The van der Waals surface area contributed by atoms with Gasteiger partial charge in [0.2, 0.25) is 0 Å². The number of esters is 1. The molecule has 0 saturated carbocycles. The van der Waals surface area contributed by atoms with E-state index in [9.17, 15) is 9.59 Å². The van der Waals surface area contributed by atoms with Gasteiger partial charge >= 0.3 is 12.1 Å². The van der Waals surface area contributed by atoms with Gasteiger partial charge in [-0.1, -0.05) is 45.9 Å². The molecule has 0 N–H and O–H groups in total. The quantitative estimate of drug-likeness (QED) is 0.470. The lowest BCUT2D eigenvalue weighted by atomic mass is 9.87. The van der Waals surface area contributed by atoms with Crippen molar-refractivity contribution >= 4 is 12.1 Å². The number of ether oxygens (including phenoxy) is 2. The lowest BCUT2D eigenvalue weighted by Gasteiger charge is -2.22. The van der Waals surface area contributed by atoms with Crippen LogP contribution in [0.3, 0.4) is 0 Å². The predicted molar refractivity (Wildman–Crippen MR) is 115 cm³/mol. The van der Waals surface area contributed by atoms with Crippen LogP contribution in [0.4, 0.5) is 4.79 Å². The molecule has 0 spiro atoms. The maximum absolute atomic E-state index is 12.6. The van der Waals surface area contributed by atoms with Crippen LogP contribution in [0.2, 0.25) is 0 Å². The third-order valence-corrected chi connectivity index (χ3v) is 4.83. The number of carbonyl (C=O) groups excluding carboxylic acids is 2. The van der Waals surface area contributed by atoms with Crippen LogP contribution in [0.5, 0.6) is 11.5 Å². The van der Waals surface area contributed by atoms with Crippen molar-refractivity contribution in [2.45, 2.75) is 53.4 Å². The molecular formula is C24H31NO4. The summed E-state index contributed by atoms with van der Waals surface area (Å²) in [6, 6.07) is 12.6. The maximum Gasteiger partial charge on any atom is 0.415 e. The summed E-state index contributed by atoms with van der Waals surface area (Å²) in [5.41, 5.74) is 2.43. The smallest absolute Gasteiger partial charge is 0.415 e. The summed E-state index contributed by atoms with van der Waals surface area (Å²) in [6.07, 6.45) is 0.431. The van der Waals surface area contributed by atoms with Crippen molar-refractivity contribution in [3.05, 3.63) is 59.2 Å². The lowest BCUT2D eigenvalue weighted by molar-refractivity contribution is 0.0727. The average molecular weight is 398 g/mol. The second kappa shape index (κ2) is 9.59. The second-order valence-corrected chi connectivity index (χ2v) is 7.89. The van der Waals surface area contributed by atoms with Crippen molar-refractivity contribution in [3.8, 4) is 11.5 Å². The molecule has 29 heavy (non-hydrogen) atoms. The summed E-state index contributed by atoms with van der Waals surface area (Å²) in [7, 11) is 0. The maximum atomic E-state index is 12.6. The fourth-order valence-electron chi connectivity index (χ4n) is 2.81. The number of benzene rings is 2. The molecule has 0 unspecified atom stereocenters. The van der Waals surface area contributed by atoms with E-state index in [1.807, 2.05) is 32.0 Å². The minimum absolute atomic E-state index is 0.144. The Morgan fingerprint density at radius 1 is 0.862 bits per heavy atom. The summed E-state index contributed by atoms with van der Waals surface area (Å²) in [5.74, 6) is -0.0211. The molecule has 1 amide bonds. The zero-order chi connectivity index (χ0) is 21.6. The van der Waals surface area contributed by atoms with Gasteiger partial charge in [-0.25, -0.2) is 9.59 Å². The molecule has 5 nitrogen and oxygen atoms in total. The zero-order valence-electron chi connectivity index (χ0n) is 18.2. The van der Waals surface area contributed by atoms with E-state index in [1.165, 1.54) is 0 Å². The topological polar surface area (TPSA) is 55.8 Å². The first-order valence-corrected chi connectivity index (χ1v) is 10.1. The van der Waals surface area contributed by atoms with Crippen LogP contribution in [-0.2, 0) is 11.8 Å². The van der Waals surface area contributed by atoms with Crippen molar-refractivity contribution in [1.29, 1.82) is 0 Å². The standard InChI is InChI=1S/C24H31NO4/c1-7-17-10-12-18(13-11-17)22(26)28-20-15-14-19(24(4,5)6)16-21(20)29-23(27)25(8-2)9-3/h10-16H,7-9H2,1-6H3. The van der Waals surface area contributed by atoms with E-state index in [1.54, 1.807) is 29.2 Å². The molecule has 0 fully saturated rings. The molecule has 2 aromatic carbocycles. The Morgan fingerprint density at radius 2 is 1.48 bits per heavy atom. The summed E-state index contributed by atoms with van der Waals surface area (Å²) in [5, 5.41) is 0. The van der Waals surface area contributed by atoms with Crippen LogP contribution in [0.25, 0.3) is 0 Å². The Bertz CT molecular complexity index is 846. The van der Waals surface area contributed by atoms with Gasteiger partial charge in [-0.15, -0.1) is 0 Å². The highest BCUT2D eigenvalue weighted by atomic mass is 16.6. The van der Waals surface area contributed by atoms with Gasteiger partial charge in [0, 0.05) is 13.1 Å². The van der Waals surface area contributed by atoms with Gasteiger partial charge < -0.3 is 14.4 Å². The third-order valence-electron chi connectivity index (χ3n) is 4.83. The molecule has 0 aliphatic carbocycles. The van der Waals surface area contributed by atoms with Crippen LogP contribution in [0.1, 0.15) is 63.0 Å². The van der Waals surface area contributed by atoms with Crippen LogP contribution < -0.4 is 9.47 Å². The molecule has 0 atom stereocenters. The van der Waals surface area contributed by atoms with Crippen molar-refractivity contribution in [2.75, 3.05) is 13.1 Å². The molecule has 2 aromatic rings. The first kappa shape index (κ1) is 22.5. The number of hydrogen-bond acceptors (Lipinski definition) is 4. The van der Waals surface area contributed by atoms with Gasteiger partial charge in [-0.05, 0) is 61.1 Å². The van der Waals surface area contributed by atoms with Crippen molar-refractivity contribution in [2.24, 2.45) is 0 Å². The van der Waals surface area contributed by atoms with Gasteiger partial charge in [-0.2, -0.15) is 0 Å². The molecule has 0 aliphatic heterocycles. The summed E-state index contributed by atoms with van der Waals surface area (Å²) < 4.78 is 11.2. The average Bonchev–Trinajstić information content (AvgIpc) is 2.69. The number of rotatable bonds is 6. The molecule has 0 aromatic heterocycles. The molecule has 0 aliphatic rings. The number of carbonyl (C=O) groups is 2. The largest absolute Gasteiger partial charge is 0.419 e. The third kappa shape index (κ3) is 5.83. The van der Waals surface area contributed by atoms with E-state index in [0.29, 0.717) is 18.7 Å². The van der Waals surface area contributed by atoms with Crippen LogP contribution in [-0.4, -0.2) is 30.1 Å². The normalized spacial score (nSPS) is 11.1. The Kier molecular flexibility index (Phi) is 7.43. The van der Waals surface area contributed by atoms with Crippen molar-refractivity contribution in [1.82, 2.24) is 4.90 Å². The zero-order valence-corrected chi connectivity index (χ0v) is 18.2. The van der Waals surface area contributed by atoms with Crippen LogP contribution in [0.15, 0.2) is 42.5 Å². The number of nitrogens with zero attached hydrogens (tertiary/aromatic N) is 1.